The highest BCUT2D eigenvalue weighted by molar-refractivity contribution is 7.92. The number of hydrogen-bond acceptors (Lipinski definition) is 3. The molecule has 3 aromatic rings. The molecule has 0 saturated heterocycles. The first-order valence-corrected chi connectivity index (χ1v) is 7.77. The van der Waals surface area contributed by atoms with Gasteiger partial charge in [-0.2, -0.15) is 0 Å². The van der Waals surface area contributed by atoms with Gasteiger partial charge < -0.3 is 0 Å². The molecule has 7 heteroatoms. The molecular formula is C15H10F2N2O2S. The third-order valence-corrected chi connectivity index (χ3v) is 4.46. The van der Waals surface area contributed by atoms with Crippen LogP contribution < -0.4 is 4.72 Å². The van der Waals surface area contributed by atoms with E-state index in [0.717, 1.165) is 18.2 Å². The zero-order chi connectivity index (χ0) is 15.7. The van der Waals surface area contributed by atoms with E-state index in [0.29, 0.717) is 10.9 Å². The summed E-state index contributed by atoms with van der Waals surface area (Å²) in [7, 11) is -4.38. The van der Waals surface area contributed by atoms with Crippen molar-refractivity contribution in [2.24, 2.45) is 0 Å². The second-order valence-electron chi connectivity index (χ2n) is 4.57. The molecule has 0 bridgehead atoms. The van der Waals surface area contributed by atoms with Gasteiger partial charge >= 0.3 is 0 Å². The van der Waals surface area contributed by atoms with Crippen LogP contribution in [0.4, 0.5) is 14.5 Å². The Morgan fingerprint density at radius 3 is 2.36 bits per heavy atom. The molecule has 0 aliphatic rings. The fourth-order valence-electron chi connectivity index (χ4n) is 2.07. The Bertz CT molecular complexity index is 938. The molecule has 112 valence electrons. The number of nitrogens with zero attached hydrogens (tertiary/aromatic N) is 1. The zero-order valence-electron chi connectivity index (χ0n) is 11.1. The normalized spacial score (nSPS) is 11.5. The van der Waals surface area contributed by atoms with Gasteiger partial charge in [-0.15, -0.1) is 0 Å². The maximum atomic E-state index is 13.6. The van der Waals surface area contributed by atoms with Gasteiger partial charge in [0, 0.05) is 5.39 Å². The summed E-state index contributed by atoms with van der Waals surface area (Å²) in [5, 5.41) is 0.705. The number of benzene rings is 2. The van der Waals surface area contributed by atoms with E-state index in [4.69, 9.17) is 0 Å². The minimum absolute atomic E-state index is 0.126. The average Bonchev–Trinajstić information content (AvgIpc) is 2.46. The van der Waals surface area contributed by atoms with Crippen LogP contribution in [0.3, 0.4) is 0 Å². The topological polar surface area (TPSA) is 59.1 Å². The lowest BCUT2D eigenvalue weighted by atomic mass is 10.2. The van der Waals surface area contributed by atoms with Gasteiger partial charge in [0.2, 0.25) is 0 Å². The van der Waals surface area contributed by atoms with E-state index >= 15 is 0 Å². The molecule has 0 aliphatic carbocycles. The van der Waals surface area contributed by atoms with Crippen LogP contribution in [-0.2, 0) is 10.0 Å². The van der Waals surface area contributed by atoms with Gasteiger partial charge in [0.25, 0.3) is 10.0 Å². The number of halogens is 2. The van der Waals surface area contributed by atoms with Gasteiger partial charge in [0.1, 0.15) is 11.6 Å². The minimum Gasteiger partial charge on any atom is -0.278 e. The van der Waals surface area contributed by atoms with Gasteiger partial charge in [0.05, 0.1) is 17.4 Å². The number of para-hydroxylation sites is 1. The van der Waals surface area contributed by atoms with Crippen LogP contribution in [0.15, 0.2) is 59.6 Å². The monoisotopic (exact) mass is 320 g/mol. The highest BCUT2D eigenvalue weighted by Crippen LogP contribution is 2.23. The van der Waals surface area contributed by atoms with E-state index in [1.54, 1.807) is 30.3 Å². The van der Waals surface area contributed by atoms with Crippen molar-refractivity contribution in [1.29, 1.82) is 0 Å². The standard InChI is InChI=1S/C15H10F2N2O2S/c16-12-5-3-6-13(17)15(12)22(20,21)19-11-8-10-4-1-2-7-14(10)18-9-11/h1-9,19H. The summed E-state index contributed by atoms with van der Waals surface area (Å²) in [6.07, 6.45) is 1.29. The van der Waals surface area contributed by atoms with E-state index in [2.05, 4.69) is 9.71 Å². The molecule has 4 nitrogen and oxygen atoms in total. The minimum atomic E-state index is -4.38. The predicted molar refractivity (Wildman–Crippen MR) is 78.9 cm³/mol. The number of sulfonamides is 1. The van der Waals surface area contributed by atoms with Crippen molar-refractivity contribution < 1.29 is 17.2 Å². The summed E-state index contributed by atoms with van der Waals surface area (Å²) >= 11 is 0. The van der Waals surface area contributed by atoms with Crippen LogP contribution in [0.2, 0.25) is 0 Å². The van der Waals surface area contributed by atoms with Gasteiger partial charge in [-0.05, 0) is 24.3 Å². The summed E-state index contributed by atoms with van der Waals surface area (Å²) in [5.74, 6) is -2.30. The van der Waals surface area contributed by atoms with Crippen molar-refractivity contribution in [1.82, 2.24) is 4.98 Å². The van der Waals surface area contributed by atoms with Crippen molar-refractivity contribution in [2.75, 3.05) is 4.72 Å². The predicted octanol–water partition coefficient (Wildman–Crippen LogP) is 3.31. The Kier molecular flexibility index (Phi) is 3.50. The summed E-state index contributed by atoms with van der Waals surface area (Å²) in [4.78, 5) is 3.08. The fourth-order valence-corrected chi connectivity index (χ4v) is 3.25. The Morgan fingerprint density at radius 1 is 0.955 bits per heavy atom. The third kappa shape index (κ3) is 2.62. The summed E-state index contributed by atoms with van der Waals surface area (Å²) in [6, 6.07) is 11.5. The number of aromatic nitrogens is 1. The summed E-state index contributed by atoms with van der Waals surface area (Å²) in [5.41, 5.74) is 0.809. The molecule has 1 aromatic heterocycles. The first-order chi connectivity index (χ1) is 10.5. The fraction of sp³-hybridized carbons (Fsp3) is 0. The molecule has 0 fully saturated rings. The Balaban J connectivity index is 2.03. The number of anilines is 1. The van der Waals surface area contributed by atoms with E-state index in [-0.39, 0.29) is 5.69 Å². The number of pyridine rings is 1. The first kappa shape index (κ1) is 14.4. The largest absolute Gasteiger partial charge is 0.278 e. The van der Waals surface area contributed by atoms with E-state index in [1.807, 2.05) is 0 Å². The number of rotatable bonds is 3. The molecule has 2 aromatic carbocycles. The molecule has 1 N–H and O–H groups in total. The Hall–Kier alpha value is -2.54. The van der Waals surface area contributed by atoms with Crippen LogP contribution in [-0.4, -0.2) is 13.4 Å². The highest BCUT2D eigenvalue weighted by Gasteiger charge is 2.24. The summed E-state index contributed by atoms with van der Waals surface area (Å²) < 4.78 is 53.7. The highest BCUT2D eigenvalue weighted by atomic mass is 32.2. The van der Waals surface area contributed by atoms with Crippen molar-refractivity contribution in [3.05, 3.63) is 66.4 Å². The molecule has 0 atom stereocenters. The maximum Gasteiger partial charge on any atom is 0.267 e. The molecule has 0 spiro atoms. The molecular weight excluding hydrogens is 310 g/mol. The molecule has 0 saturated carbocycles. The molecule has 0 aliphatic heterocycles. The quantitative estimate of drug-likeness (QED) is 0.805. The van der Waals surface area contributed by atoms with Gasteiger partial charge in [-0.3, -0.25) is 9.71 Å². The third-order valence-electron chi connectivity index (χ3n) is 3.03. The van der Waals surface area contributed by atoms with Crippen LogP contribution in [0.25, 0.3) is 10.9 Å². The van der Waals surface area contributed by atoms with Crippen LogP contribution in [0, 0.1) is 11.6 Å². The van der Waals surface area contributed by atoms with Crippen LogP contribution >= 0.6 is 0 Å². The molecule has 22 heavy (non-hydrogen) atoms. The van der Waals surface area contributed by atoms with Crippen LogP contribution in [0.1, 0.15) is 0 Å². The Labute approximate surface area is 125 Å². The lowest BCUT2D eigenvalue weighted by molar-refractivity contribution is 0.521. The average molecular weight is 320 g/mol. The van der Waals surface area contributed by atoms with E-state index in [9.17, 15) is 17.2 Å². The van der Waals surface area contributed by atoms with Gasteiger partial charge in [0.15, 0.2) is 4.90 Å². The Morgan fingerprint density at radius 2 is 1.64 bits per heavy atom. The smallest absolute Gasteiger partial charge is 0.267 e. The number of hydrogen-bond donors (Lipinski definition) is 1. The molecule has 0 radical (unpaired) electrons. The number of fused-ring (bicyclic) bond motifs is 1. The zero-order valence-corrected chi connectivity index (χ0v) is 11.9. The van der Waals surface area contributed by atoms with E-state index in [1.165, 1.54) is 6.20 Å². The maximum absolute atomic E-state index is 13.6. The number of nitrogens with one attached hydrogen (secondary N) is 1. The van der Waals surface area contributed by atoms with E-state index < -0.39 is 26.6 Å². The first-order valence-electron chi connectivity index (χ1n) is 6.29. The van der Waals surface area contributed by atoms with Gasteiger partial charge in [-0.1, -0.05) is 24.3 Å². The molecule has 3 rings (SSSR count). The second kappa shape index (κ2) is 5.34. The van der Waals surface area contributed by atoms with Gasteiger partial charge in [-0.25, -0.2) is 17.2 Å². The van der Waals surface area contributed by atoms with Crippen LogP contribution in [0.5, 0.6) is 0 Å². The SMILES string of the molecule is O=S(=O)(Nc1cnc2ccccc2c1)c1c(F)cccc1F. The van der Waals surface area contributed by atoms with Crippen molar-refractivity contribution in [3.63, 3.8) is 0 Å². The van der Waals surface area contributed by atoms with Crippen molar-refractivity contribution in [3.8, 4) is 0 Å². The lowest BCUT2D eigenvalue weighted by Crippen LogP contribution is -2.16. The van der Waals surface area contributed by atoms with Crippen molar-refractivity contribution >= 4 is 26.6 Å². The second-order valence-corrected chi connectivity index (χ2v) is 6.19. The lowest BCUT2D eigenvalue weighted by Gasteiger charge is -2.10. The molecule has 1 heterocycles. The molecule has 0 amide bonds. The van der Waals surface area contributed by atoms with Crippen molar-refractivity contribution in [2.45, 2.75) is 4.90 Å². The summed E-state index contributed by atoms with van der Waals surface area (Å²) in [6.45, 7) is 0. The molecule has 0 unspecified atom stereocenters.